The van der Waals surface area contributed by atoms with E-state index in [1.807, 2.05) is 10.7 Å². The number of tetrazole rings is 1. The standard InChI is InChI=1S/C20H24N6/c1-3-7-18(8-4-1)11-12-26-20(21-22-23-26)17-24-13-15-25(16-14-24)19-9-5-2-6-10-19/h1-10H,11-17H2/p+1. The summed E-state index contributed by atoms with van der Waals surface area (Å²) in [7, 11) is 0. The number of para-hydroxylation sites is 1. The molecule has 1 saturated heterocycles. The van der Waals surface area contributed by atoms with Crippen LogP contribution in [-0.2, 0) is 19.5 Å². The van der Waals surface area contributed by atoms with E-state index >= 15 is 0 Å². The molecule has 3 aromatic rings. The van der Waals surface area contributed by atoms with Gasteiger partial charge in [0.25, 0.3) is 0 Å². The van der Waals surface area contributed by atoms with Crippen molar-refractivity contribution in [2.75, 3.05) is 31.1 Å². The van der Waals surface area contributed by atoms with Crippen molar-refractivity contribution in [2.24, 2.45) is 0 Å². The molecule has 1 N–H and O–H groups in total. The van der Waals surface area contributed by atoms with Crippen LogP contribution >= 0.6 is 0 Å². The van der Waals surface area contributed by atoms with Gasteiger partial charge >= 0.3 is 0 Å². The Bertz CT molecular complexity index is 793. The lowest BCUT2D eigenvalue weighted by molar-refractivity contribution is -0.915. The van der Waals surface area contributed by atoms with E-state index in [1.54, 1.807) is 4.90 Å². The quantitative estimate of drug-likeness (QED) is 0.716. The SMILES string of the molecule is c1ccc(CCn2nnnc2C[NH+]2CCN(c3ccccc3)CC2)cc1. The van der Waals surface area contributed by atoms with Gasteiger partial charge in [-0.1, -0.05) is 48.5 Å². The number of nitrogens with zero attached hydrogens (tertiary/aromatic N) is 5. The molecule has 2 aromatic carbocycles. The van der Waals surface area contributed by atoms with Crippen LogP contribution < -0.4 is 9.80 Å². The summed E-state index contributed by atoms with van der Waals surface area (Å²) in [5, 5.41) is 12.4. The molecule has 134 valence electrons. The number of aryl methyl sites for hydroxylation is 2. The second-order valence-electron chi connectivity index (χ2n) is 6.80. The van der Waals surface area contributed by atoms with Crippen molar-refractivity contribution in [2.45, 2.75) is 19.5 Å². The molecule has 2 heterocycles. The lowest BCUT2D eigenvalue weighted by atomic mass is 10.1. The number of hydrogen-bond donors (Lipinski definition) is 1. The predicted molar refractivity (Wildman–Crippen MR) is 101 cm³/mol. The molecule has 4 rings (SSSR count). The molecule has 0 spiro atoms. The van der Waals surface area contributed by atoms with E-state index in [0.717, 1.165) is 51.5 Å². The van der Waals surface area contributed by atoms with Crippen LogP contribution in [0.1, 0.15) is 11.4 Å². The fourth-order valence-corrected chi connectivity index (χ4v) is 3.52. The highest BCUT2D eigenvalue weighted by atomic mass is 15.5. The zero-order valence-corrected chi connectivity index (χ0v) is 15.0. The van der Waals surface area contributed by atoms with E-state index in [9.17, 15) is 0 Å². The molecule has 0 saturated carbocycles. The molecule has 6 heteroatoms. The van der Waals surface area contributed by atoms with Gasteiger partial charge in [0.1, 0.15) is 6.54 Å². The van der Waals surface area contributed by atoms with Crippen molar-refractivity contribution >= 4 is 5.69 Å². The van der Waals surface area contributed by atoms with Crippen molar-refractivity contribution in [3.8, 4) is 0 Å². The number of piperazine rings is 1. The largest absolute Gasteiger partial charge is 0.360 e. The predicted octanol–water partition coefficient (Wildman–Crippen LogP) is 0.821. The van der Waals surface area contributed by atoms with Gasteiger partial charge in [0.05, 0.1) is 26.2 Å². The fraction of sp³-hybridized carbons (Fsp3) is 0.350. The molecule has 0 amide bonds. The second kappa shape index (κ2) is 8.10. The second-order valence-corrected chi connectivity index (χ2v) is 6.80. The minimum atomic E-state index is 0.829. The summed E-state index contributed by atoms with van der Waals surface area (Å²) >= 11 is 0. The Morgan fingerprint density at radius 3 is 2.31 bits per heavy atom. The summed E-state index contributed by atoms with van der Waals surface area (Å²) in [6.45, 7) is 6.09. The Morgan fingerprint density at radius 2 is 1.58 bits per heavy atom. The highest BCUT2D eigenvalue weighted by molar-refractivity contribution is 5.46. The molecular weight excluding hydrogens is 324 g/mol. The molecule has 0 unspecified atom stereocenters. The Balaban J connectivity index is 1.31. The molecule has 1 aliphatic rings. The topological polar surface area (TPSA) is 51.3 Å². The third-order valence-electron chi connectivity index (χ3n) is 5.06. The Morgan fingerprint density at radius 1 is 0.885 bits per heavy atom. The minimum absolute atomic E-state index is 0.829. The summed E-state index contributed by atoms with van der Waals surface area (Å²) in [4.78, 5) is 4.01. The van der Waals surface area contributed by atoms with Crippen molar-refractivity contribution in [3.63, 3.8) is 0 Å². The van der Waals surface area contributed by atoms with Gasteiger partial charge in [-0.05, 0) is 34.5 Å². The maximum Gasteiger partial charge on any atom is 0.206 e. The van der Waals surface area contributed by atoms with Crippen LogP contribution in [0.2, 0.25) is 0 Å². The molecule has 1 aliphatic heterocycles. The zero-order chi connectivity index (χ0) is 17.6. The van der Waals surface area contributed by atoms with E-state index in [2.05, 4.69) is 75.0 Å². The molecule has 1 fully saturated rings. The van der Waals surface area contributed by atoms with Gasteiger partial charge in [-0.25, -0.2) is 4.68 Å². The number of anilines is 1. The summed E-state index contributed by atoms with van der Waals surface area (Å²) in [6, 6.07) is 21.2. The van der Waals surface area contributed by atoms with Gasteiger partial charge in [-0.3, -0.25) is 0 Å². The van der Waals surface area contributed by atoms with Gasteiger partial charge in [0.15, 0.2) is 0 Å². The number of hydrogen-bond acceptors (Lipinski definition) is 4. The van der Waals surface area contributed by atoms with Crippen LogP contribution in [0, 0.1) is 0 Å². The molecule has 0 aliphatic carbocycles. The van der Waals surface area contributed by atoms with Gasteiger partial charge in [-0.15, -0.1) is 5.10 Å². The molecule has 26 heavy (non-hydrogen) atoms. The lowest BCUT2D eigenvalue weighted by Crippen LogP contribution is -3.13. The fourth-order valence-electron chi connectivity index (χ4n) is 3.52. The number of aromatic nitrogens is 4. The van der Waals surface area contributed by atoms with E-state index in [0.29, 0.717) is 0 Å². The third kappa shape index (κ3) is 4.08. The third-order valence-corrected chi connectivity index (χ3v) is 5.06. The van der Waals surface area contributed by atoms with Gasteiger partial charge in [0, 0.05) is 12.2 Å². The van der Waals surface area contributed by atoms with E-state index < -0.39 is 0 Å². The van der Waals surface area contributed by atoms with Crippen molar-refractivity contribution < 1.29 is 4.90 Å². The van der Waals surface area contributed by atoms with Crippen LogP contribution in [0.4, 0.5) is 5.69 Å². The highest BCUT2D eigenvalue weighted by Gasteiger charge is 2.22. The molecular formula is C20H25N6+. The van der Waals surface area contributed by atoms with E-state index in [1.165, 1.54) is 11.3 Å². The first-order valence-corrected chi connectivity index (χ1v) is 9.31. The number of nitrogens with one attached hydrogen (secondary N) is 1. The normalized spacial score (nSPS) is 15.3. The summed E-state index contributed by atoms with van der Waals surface area (Å²) in [6.07, 6.45) is 0.954. The average Bonchev–Trinajstić information content (AvgIpc) is 3.15. The lowest BCUT2D eigenvalue weighted by Gasteiger charge is -2.33. The first-order chi connectivity index (χ1) is 12.9. The molecule has 0 bridgehead atoms. The van der Waals surface area contributed by atoms with Gasteiger partial charge in [0.2, 0.25) is 5.82 Å². The molecule has 1 aromatic heterocycles. The first-order valence-electron chi connectivity index (χ1n) is 9.31. The van der Waals surface area contributed by atoms with E-state index in [4.69, 9.17) is 0 Å². The molecule has 0 radical (unpaired) electrons. The van der Waals surface area contributed by atoms with Crippen LogP contribution in [0.25, 0.3) is 0 Å². The maximum atomic E-state index is 4.27. The number of quaternary nitrogens is 1. The van der Waals surface area contributed by atoms with Crippen molar-refractivity contribution in [1.82, 2.24) is 20.2 Å². The molecule has 0 atom stereocenters. The smallest absolute Gasteiger partial charge is 0.206 e. The van der Waals surface area contributed by atoms with Gasteiger partial charge in [-0.2, -0.15) is 0 Å². The zero-order valence-electron chi connectivity index (χ0n) is 15.0. The summed E-state index contributed by atoms with van der Waals surface area (Å²) < 4.78 is 1.96. The minimum Gasteiger partial charge on any atom is -0.360 e. The van der Waals surface area contributed by atoms with Crippen molar-refractivity contribution in [1.29, 1.82) is 0 Å². The van der Waals surface area contributed by atoms with Crippen LogP contribution in [0.5, 0.6) is 0 Å². The Kier molecular flexibility index (Phi) is 5.21. The summed E-state index contributed by atoms with van der Waals surface area (Å²) in [5.74, 6) is 0.990. The van der Waals surface area contributed by atoms with E-state index in [-0.39, 0.29) is 0 Å². The van der Waals surface area contributed by atoms with Crippen LogP contribution in [-0.4, -0.2) is 46.4 Å². The number of rotatable bonds is 6. The van der Waals surface area contributed by atoms with Gasteiger partial charge < -0.3 is 9.80 Å². The number of benzene rings is 2. The monoisotopic (exact) mass is 349 g/mol. The highest BCUT2D eigenvalue weighted by Crippen LogP contribution is 2.12. The van der Waals surface area contributed by atoms with Crippen molar-refractivity contribution in [3.05, 3.63) is 72.1 Å². The Hall–Kier alpha value is -2.73. The van der Waals surface area contributed by atoms with Crippen LogP contribution in [0.3, 0.4) is 0 Å². The maximum absolute atomic E-state index is 4.27. The molecule has 6 nitrogen and oxygen atoms in total. The summed E-state index contributed by atoms with van der Waals surface area (Å²) in [5.41, 5.74) is 2.64. The van der Waals surface area contributed by atoms with Crippen LogP contribution in [0.15, 0.2) is 60.7 Å². The Labute approximate surface area is 154 Å². The first kappa shape index (κ1) is 16.7. The average molecular weight is 349 g/mol.